The Morgan fingerprint density at radius 2 is 2.10 bits per heavy atom. The Labute approximate surface area is 115 Å². The largest absolute Gasteiger partial charge is 0.508 e. The molecule has 7 heteroatoms. The van der Waals surface area contributed by atoms with Crippen LogP contribution in [0, 0.1) is 0 Å². The van der Waals surface area contributed by atoms with Crippen molar-refractivity contribution in [2.45, 2.75) is 13.0 Å². The van der Waals surface area contributed by atoms with E-state index in [2.05, 4.69) is 0 Å². The molecule has 0 aromatic heterocycles. The normalized spacial score (nSPS) is 19.4. The van der Waals surface area contributed by atoms with Crippen LogP contribution >= 0.6 is 0 Å². The molecule has 0 aliphatic carbocycles. The molecule has 20 heavy (non-hydrogen) atoms. The lowest BCUT2D eigenvalue weighted by Gasteiger charge is -2.38. The minimum absolute atomic E-state index is 0.0302. The number of carbonyl (C=O) groups excluding carboxylic acids is 2. The number of carboxylic acid groups (broad SMARTS) is 1. The molecule has 1 saturated heterocycles. The zero-order valence-electron chi connectivity index (χ0n) is 10.8. The van der Waals surface area contributed by atoms with Crippen molar-refractivity contribution in [3.63, 3.8) is 0 Å². The summed E-state index contributed by atoms with van der Waals surface area (Å²) in [5, 5.41) is 18.2. The Morgan fingerprint density at radius 1 is 1.40 bits per heavy atom. The Bertz CT molecular complexity index is 572. The topological polar surface area (TPSA) is 98.2 Å². The van der Waals surface area contributed by atoms with Crippen molar-refractivity contribution >= 4 is 23.5 Å². The number of nitrogens with zero attached hydrogens (tertiary/aromatic N) is 2. The molecule has 7 nitrogen and oxygen atoms in total. The summed E-state index contributed by atoms with van der Waals surface area (Å²) in [5.74, 6) is -2.34. The third kappa shape index (κ3) is 2.56. The van der Waals surface area contributed by atoms with Crippen LogP contribution in [0.5, 0.6) is 5.75 Å². The number of hydrogen-bond donors (Lipinski definition) is 2. The number of carbonyl (C=O) groups is 3. The number of phenolic OH excluding ortho intramolecular Hbond substituents is 1. The third-order valence-electron chi connectivity index (χ3n) is 3.15. The monoisotopic (exact) mass is 278 g/mol. The molecular weight excluding hydrogens is 264 g/mol. The Hall–Kier alpha value is -2.57. The van der Waals surface area contributed by atoms with Crippen LogP contribution in [0.2, 0.25) is 0 Å². The third-order valence-corrected chi connectivity index (χ3v) is 3.15. The smallest absolute Gasteiger partial charge is 0.323 e. The summed E-state index contributed by atoms with van der Waals surface area (Å²) in [6.45, 7) is 0.854. The van der Waals surface area contributed by atoms with E-state index in [-0.39, 0.29) is 12.3 Å². The first-order chi connectivity index (χ1) is 9.40. The summed E-state index contributed by atoms with van der Waals surface area (Å²) in [4.78, 5) is 36.9. The van der Waals surface area contributed by atoms with Gasteiger partial charge in [0.2, 0.25) is 5.91 Å². The van der Waals surface area contributed by atoms with Gasteiger partial charge in [0.15, 0.2) is 0 Å². The van der Waals surface area contributed by atoms with Gasteiger partial charge in [0.25, 0.3) is 5.91 Å². The Morgan fingerprint density at radius 3 is 2.70 bits per heavy atom. The molecule has 0 spiro atoms. The lowest BCUT2D eigenvalue weighted by Crippen LogP contribution is -2.60. The zero-order chi connectivity index (χ0) is 14.9. The van der Waals surface area contributed by atoms with Crippen molar-refractivity contribution in [1.29, 1.82) is 0 Å². The average Bonchev–Trinajstić information content (AvgIpc) is 2.38. The predicted octanol–water partition coefficient (Wildman–Crippen LogP) is 0.0405. The number of piperazine rings is 1. The number of hydrogen-bond acceptors (Lipinski definition) is 5. The first-order valence-corrected chi connectivity index (χ1v) is 6.02. The van der Waals surface area contributed by atoms with Crippen LogP contribution in [0.4, 0.5) is 5.69 Å². The maximum atomic E-state index is 12.1. The van der Waals surface area contributed by atoms with Gasteiger partial charge in [0.1, 0.15) is 18.3 Å². The molecule has 1 aromatic carbocycles. The maximum absolute atomic E-state index is 12.1. The second-order valence-corrected chi connectivity index (χ2v) is 4.54. The van der Waals surface area contributed by atoms with Gasteiger partial charge in [0.05, 0.1) is 6.54 Å². The lowest BCUT2D eigenvalue weighted by molar-refractivity contribution is -0.154. The number of imide groups is 1. The highest BCUT2D eigenvalue weighted by molar-refractivity contribution is 6.06. The number of anilines is 1. The van der Waals surface area contributed by atoms with Gasteiger partial charge in [-0.25, -0.2) is 0 Å². The van der Waals surface area contributed by atoms with Crippen LogP contribution < -0.4 is 4.90 Å². The van der Waals surface area contributed by atoms with Gasteiger partial charge in [-0.05, 0) is 19.1 Å². The number of rotatable bonds is 3. The number of benzene rings is 1. The van der Waals surface area contributed by atoms with E-state index in [4.69, 9.17) is 5.11 Å². The van der Waals surface area contributed by atoms with Crippen molar-refractivity contribution in [3.05, 3.63) is 24.3 Å². The van der Waals surface area contributed by atoms with E-state index in [1.165, 1.54) is 17.0 Å². The summed E-state index contributed by atoms with van der Waals surface area (Å²) < 4.78 is 0. The summed E-state index contributed by atoms with van der Waals surface area (Å²) in [5.41, 5.74) is 0.536. The van der Waals surface area contributed by atoms with Gasteiger partial charge < -0.3 is 15.1 Å². The molecule has 1 unspecified atom stereocenters. The molecule has 1 aromatic rings. The van der Waals surface area contributed by atoms with E-state index < -0.39 is 30.4 Å². The van der Waals surface area contributed by atoms with Gasteiger partial charge in [-0.3, -0.25) is 19.3 Å². The molecule has 106 valence electrons. The molecule has 0 bridgehead atoms. The number of phenols is 1. The molecule has 0 radical (unpaired) electrons. The standard InChI is InChI=1S/C13H14N2O5/c1-8-13(20)15(7-12(18)19)11(17)6-14(8)9-3-2-4-10(16)5-9/h2-5,8,16H,6-7H2,1H3,(H,18,19). The number of aromatic hydroxyl groups is 1. The molecule has 1 fully saturated rings. The maximum Gasteiger partial charge on any atom is 0.323 e. The van der Waals surface area contributed by atoms with Gasteiger partial charge in [-0.2, -0.15) is 0 Å². The van der Waals surface area contributed by atoms with Crippen LogP contribution in [0.1, 0.15) is 6.92 Å². The highest BCUT2D eigenvalue weighted by atomic mass is 16.4. The first-order valence-electron chi connectivity index (χ1n) is 6.02. The fourth-order valence-corrected chi connectivity index (χ4v) is 2.14. The zero-order valence-corrected chi connectivity index (χ0v) is 10.8. The van der Waals surface area contributed by atoms with E-state index >= 15 is 0 Å². The summed E-state index contributed by atoms with van der Waals surface area (Å²) >= 11 is 0. The van der Waals surface area contributed by atoms with Crippen molar-refractivity contribution in [1.82, 2.24) is 4.90 Å². The van der Waals surface area contributed by atoms with Crippen molar-refractivity contribution in [2.24, 2.45) is 0 Å². The van der Waals surface area contributed by atoms with Crippen LogP contribution in [-0.2, 0) is 14.4 Å². The Kier molecular flexibility index (Phi) is 3.60. The lowest BCUT2D eigenvalue weighted by atomic mass is 10.1. The second kappa shape index (κ2) is 5.20. The second-order valence-electron chi connectivity index (χ2n) is 4.54. The quantitative estimate of drug-likeness (QED) is 0.758. The highest BCUT2D eigenvalue weighted by Crippen LogP contribution is 2.25. The van der Waals surface area contributed by atoms with Crippen LogP contribution in [0.3, 0.4) is 0 Å². The number of aliphatic carboxylic acids is 1. The summed E-state index contributed by atoms with van der Waals surface area (Å²) in [6, 6.07) is 5.54. The van der Waals surface area contributed by atoms with Crippen molar-refractivity contribution < 1.29 is 24.6 Å². The molecule has 1 atom stereocenters. The minimum atomic E-state index is -1.23. The molecule has 2 rings (SSSR count). The average molecular weight is 278 g/mol. The van der Waals surface area contributed by atoms with E-state index in [1.807, 2.05) is 0 Å². The molecular formula is C13H14N2O5. The molecule has 2 amide bonds. The molecule has 1 aliphatic rings. The SMILES string of the molecule is CC1C(=O)N(CC(=O)O)C(=O)CN1c1cccc(O)c1. The van der Waals surface area contributed by atoms with Gasteiger partial charge >= 0.3 is 5.97 Å². The number of carboxylic acids is 1. The molecule has 1 heterocycles. The Balaban J connectivity index is 2.26. The fourth-order valence-electron chi connectivity index (χ4n) is 2.14. The summed E-state index contributed by atoms with van der Waals surface area (Å²) in [6.07, 6.45) is 0. The van der Waals surface area contributed by atoms with Crippen molar-refractivity contribution in [3.8, 4) is 5.75 Å². The van der Waals surface area contributed by atoms with E-state index in [0.29, 0.717) is 5.69 Å². The van der Waals surface area contributed by atoms with Crippen LogP contribution in [0.25, 0.3) is 0 Å². The predicted molar refractivity (Wildman–Crippen MR) is 69.3 cm³/mol. The van der Waals surface area contributed by atoms with E-state index in [0.717, 1.165) is 4.90 Å². The van der Waals surface area contributed by atoms with Crippen LogP contribution in [0.15, 0.2) is 24.3 Å². The van der Waals surface area contributed by atoms with E-state index in [9.17, 15) is 19.5 Å². The summed E-state index contributed by atoms with van der Waals surface area (Å²) in [7, 11) is 0. The number of amides is 2. The molecule has 0 saturated carbocycles. The minimum Gasteiger partial charge on any atom is -0.508 e. The molecule has 1 aliphatic heterocycles. The van der Waals surface area contributed by atoms with E-state index in [1.54, 1.807) is 19.1 Å². The van der Waals surface area contributed by atoms with Gasteiger partial charge in [0, 0.05) is 11.8 Å². The molecule has 2 N–H and O–H groups in total. The fraction of sp³-hybridized carbons (Fsp3) is 0.308. The van der Waals surface area contributed by atoms with Crippen molar-refractivity contribution in [2.75, 3.05) is 18.0 Å². The highest BCUT2D eigenvalue weighted by Gasteiger charge is 2.38. The van der Waals surface area contributed by atoms with Crippen LogP contribution in [-0.4, -0.2) is 52.0 Å². The first kappa shape index (κ1) is 13.9. The van der Waals surface area contributed by atoms with Gasteiger partial charge in [-0.1, -0.05) is 6.07 Å². The van der Waals surface area contributed by atoms with Gasteiger partial charge in [-0.15, -0.1) is 0 Å².